The van der Waals surface area contributed by atoms with Crippen LogP contribution < -0.4 is 10.6 Å². The molecule has 2 N–H and O–H groups in total. The number of pyridine rings is 1. The van der Waals surface area contributed by atoms with Crippen LogP contribution >= 0.6 is 0 Å². The highest BCUT2D eigenvalue weighted by Gasteiger charge is 2.32. The molecule has 206 valence electrons. The minimum absolute atomic E-state index is 0.0254. The van der Waals surface area contributed by atoms with Gasteiger partial charge in [-0.2, -0.15) is 0 Å². The molecule has 10 heteroatoms. The number of nitrogens with one attached hydrogen (secondary N) is 2. The first-order valence-electron chi connectivity index (χ1n) is 13.9. The van der Waals surface area contributed by atoms with Crippen molar-refractivity contribution < 1.29 is 14.0 Å². The molecular formula is C30H32FN7O2. The van der Waals surface area contributed by atoms with Gasteiger partial charge in [-0.1, -0.05) is 6.07 Å². The molecule has 0 radical (unpaired) electrons. The van der Waals surface area contributed by atoms with Gasteiger partial charge in [0, 0.05) is 56.6 Å². The fourth-order valence-electron chi connectivity index (χ4n) is 6.54. The second-order valence-corrected chi connectivity index (χ2v) is 11.1. The number of nitrogens with zero attached hydrogens (tertiary/aromatic N) is 5. The average Bonchev–Trinajstić information content (AvgIpc) is 3.61. The van der Waals surface area contributed by atoms with E-state index in [9.17, 15) is 9.59 Å². The number of benzene rings is 1. The van der Waals surface area contributed by atoms with Crippen molar-refractivity contribution >= 4 is 39.6 Å². The maximum Gasteiger partial charge on any atom is 0.320 e. The van der Waals surface area contributed by atoms with Gasteiger partial charge in [0.1, 0.15) is 11.5 Å². The van der Waals surface area contributed by atoms with Crippen LogP contribution in [0, 0.1) is 11.7 Å². The highest BCUT2D eigenvalue weighted by atomic mass is 19.1. The summed E-state index contributed by atoms with van der Waals surface area (Å²) in [6.45, 7) is 4.31. The van der Waals surface area contributed by atoms with Gasteiger partial charge >= 0.3 is 6.03 Å². The van der Waals surface area contributed by atoms with Crippen LogP contribution in [-0.4, -0.2) is 75.3 Å². The Morgan fingerprint density at radius 3 is 2.90 bits per heavy atom. The van der Waals surface area contributed by atoms with E-state index in [-0.39, 0.29) is 24.2 Å². The first kappa shape index (κ1) is 24.8. The van der Waals surface area contributed by atoms with E-state index < -0.39 is 0 Å². The Kier molecular flexibility index (Phi) is 6.07. The SMILES string of the molecule is CN(CC1CCNCC1)C(=O)N1CCn2cc(C3=C(c4cnc5ccccn45)C(=O)CN3)c3cc(F)cc(c32)C1. The summed E-state index contributed by atoms with van der Waals surface area (Å²) in [4.78, 5) is 34.7. The molecule has 3 aliphatic rings. The molecule has 1 aromatic carbocycles. The number of carbonyl (C=O) groups excluding carboxylic acids is 2. The second kappa shape index (κ2) is 9.78. The lowest BCUT2D eigenvalue weighted by Gasteiger charge is -2.31. The third kappa shape index (κ3) is 4.14. The summed E-state index contributed by atoms with van der Waals surface area (Å²) in [5.74, 6) is 0.107. The molecule has 2 amide bonds. The summed E-state index contributed by atoms with van der Waals surface area (Å²) in [5.41, 5.74) is 5.15. The van der Waals surface area contributed by atoms with Crippen molar-refractivity contribution in [3.8, 4) is 0 Å². The molecule has 0 saturated carbocycles. The summed E-state index contributed by atoms with van der Waals surface area (Å²) in [6.07, 6.45) is 7.74. The Morgan fingerprint density at radius 1 is 1.20 bits per heavy atom. The van der Waals surface area contributed by atoms with Gasteiger partial charge in [-0.3, -0.25) is 9.20 Å². The van der Waals surface area contributed by atoms with Crippen molar-refractivity contribution in [2.24, 2.45) is 5.92 Å². The molecule has 9 nitrogen and oxygen atoms in total. The molecule has 1 saturated heterocycles. The Bertz CT molecular complexity index is 1680. The predicted octanol–water partition coefficient (Wildman–Crippen LogP) is 3.34. The van der Waals surface area contributed by atoms with Crippen LogP contribution in [0.2, 0.25) is 0 Å². The molecule has 7 rings (SSSR count). The maximum atomic E-state index is 15.1. The van der Waals surface area contributed by atoms with Crippen LogP contribution in [0.5, 0.6) is 0 Å². The number of rotatable bonds is 4. The number of amides is 2. The molecule has 6 heterocycles. The Morgan fingerprint density at radius 2 is 2.05 bits per heavy atom. The number of hydrogen-bond acceptors (Lipinski definition) is 5. The number of Topliss-reactive ketones (excluding diaryl/α,β-unsaturated/α-hetero) is 1. The lowest BCUT2D eigenvalue weighted by atomic mass is 9.98. The van der Waals surface area contributed by atoms with Gasteiger partial charge in [-0.25, -0.2) is 14.2 Å². The highest BCUT2D eigenvalue weighted by Crippen LogP contribution is 2.37. The van der Waals surface area contributed by atoms with Crippen LogP contribution in [0.25, 0.3) is 27.8 Å². The fraction of sp³-hybridized carbons (Fsp3) is 0.367. The number of imidazole rings is 1. The van der Waals surface area contributed by atoms with E-state index >= 15 is 4.39 Å². The first-order chi connectivity index (χ1) is 19.5. The lowest BCUT2D eigenvalue weighted by Crippen LogP contribution is -2.44. The molecule has 0 unspecified atom stereocenters. The molecule has 3 aliphatic heterocycles. The van der Waals surface area contributed by atoms with Crippen LogP contribution in [-0.2, 0) is 17.9 Å². The number of urea groups is 1. The van der Waals surface area contributed by atoms with Crippen LogP contribution in [0.3, 0.4) is 0 Å². The number of carbonyl (C=O) groups is 2. The molecule has 0 bridgehead atoms. The van der Waals surface area contributed by atoms with Gasteiger partial charge in [-0.15, -0.1) is 0 Å². The zero-order valence-corrected chi connectivity index (χ0v) is 22.5. The standard InChI is InChI=1S/C30H32FN7O2/c1-35(16-19-5-7-32-8-6-19)30(40)37-11-10-36-18-23(22-13-21(31)12-20(17-37)29(22)36)28-27(25(39)15-34-28)24-14-33-26-4-2-3-9-38(24)26/h2-4,9,12-14,18-19,32,34H,5-8,10-11,15-17H2,1H3. The lowest BCUT2D eigenvalue weighted by molar-refractivity contribution is -0.112. The zero-order valence-electron chi connectivity index (χ0n) is 22.5. The normalized spacial score (nSPS) is 18.1. The molecule has 3 aromatic heterocycles. The monoisotopic (exact) mass is 541 g/mol. The van der Waals surface area contributed by atoms with E-state index in [0.717, 1.165) is 60.2 Å². The minimum atomic E-state index is -0.361. The van der Waals surface area contributed by atoms with Gasteiger partial charge in [0.25, 0.3) is 0 Å². The highest BCUT2D eigenvalue weighted by molar-refractivity contribution is 6.32. The van der Waals surface area contributed by atoms with Gasteiger partial charge in [0.2, 0.25) is 0 Å². The van der Waals surface area contributed by atoms with E-state index in [1.807, 2.05) is 51.8 Å². The van der Waals surface area contributed by atoms with Gasteiger partial charge in [0.05, 0.1) is 35.2 Å². The number of halogens is 1. The summed E-state index contributed by atoms with van der Waals surface area (Å²) in [7, 11) is 1.87. The summed E-state index contributed by atoms with van der Waals surface area (Å²) in [6, 6.07) is 8.76. The Balaban J connectivity index is 1.26. The van der Waals surface area contributed by atoms with E-state index in [4.69, 9.17) is 0 Å². The van der Waals surface area contributed by atoms with Gasteiger partial charge < -0.3 is 25.0 Å². The number of piperidine rings is 1. The Hall–Kier alpha value is -4.18. The topological polar surface area (TPSA) is 86.9 Å². The molecular weight excluding hydrogens is 509 g/mol. The number of ketones is 1. The average molecular weight is 542 g/mol. The van der Waals surface area contributed by atoms with Crippen molar-refractivity contribution in [3.05, 3.63) is 71.6 Å². The van der Waals surface area contributed by atoms with E-state index in [1.54, 1.807) is 6.20 Å². The number of fused-ring (bicyclic) bond motifs is 1. The third-order valence-electron chi connectivity index (χ3n) is 8.47. The van der Waals surface area contributed by atoms with E-state index in [0.29, 0.717) is 42.5 Å². The number of aromatic nitrogens is 3. The van der Waals surface area contributed by atoms with Crippen molar-refractivity contribution in [1.29, 1.82) is 0 Å². The van der Waals surface area contributed by atoms with Crippen molar-refractivity contribution in [2.75, 3.05) is 39.8 Å². The van der Waals surface area contributed by atoms with Crippen molar-refractivity contribution in [3.63, 3.8) is 0 Å². The smallest absolute Gasteiger partial charge is 0.320 e. The maximum absolute atomic E-state index is 15.1. The third-order valence-corrected chi connectivity index (χ3v) is 8.47. The molecule has 0 spiro atoms. The summed E-state index contributed by atoms with van der Waals surface area (Å²) >= 11 is 0. The molecule has 0 aliphatic carbocycles. The molecule has 1 fully saturated rings. The van der Waals surface area contributed by atoms with Crippen molar-refractivity contribution in [2.45, 2.75) is 25.9 Å². The largest absolute Gasteiger partial charge is 0.376 e. The van der Waals surface area contributed by atoms with Crippen LogP contribution in [0.15, 0.2) is 48.9 Å². The fourth-order valence-corrected chi connectivity index (χ4v) is 6.54. The molecule has 40 heavy (non-hydrogen) atoms. The van der Waals surface area contributed by atoms with E-state index in [1.165, 1.54) is 12.1 Å². The molecule has 4 aromatic rings. The Labute approximate surface area is 231 Å². The summed E-state index contributed by atoms with van der Waals surface area (Å²) in [5, 5.41) is 7.40. The van der Waals surface area contributed by atoms with E-state index in [2.05, 4.69) is 20.2 Å². The van der Waals surface area contributed by atoms with Crippen LogP contribution in [0.1, 0.15) is 29.7 Å². The molecule has 0 atom stereocenters. The minimum Gasteiger partial charge on any atom is -0.376 e. The van der Waals surface area contributed by atoms with Crippen LogP contribution in [0.4, 0.5) is 9.18 Å². The quantitative estimate of drug-likeness (QED) is 0.414. The first-order valence-corrected chi connectivity index (χ1v) is 13.9. The summed E-state index contributed by atoms with van der Waals surface area (Å²) < 4.78 is 19.1. The second-order valence-electron chi connectivity index (χ2n) is 11.1. The predicted molar refractivity (Wildman–Crippen MR) is 151 cm³/mol. The van der Waals surface area contributed by atoms with Crippen molar-refractivity contribution in [1.82, 2.24) is 34.4 Å². The van der Waals surface area contributed by atoms with Gasteiger partial charge in [0.15, 0.2) is 5.78 Å². The zero-order chi connectivity index (χ0) is 27.4. The van der Waals surface area contributed by atoms with Gasteiger partial charge in [-0.05, 0) is 61.7 Å². The number of hydrogen-bond donors (Lipinski definition) is 2.